The molecule has 0 heterocycles. The van der Waals surface area contributed by atoms with Crippen LogP contribution in [0.25, 0.3) is 0 Å². The van der Waals surface area contributed by atoms with E-state index in [9.17, 15) is 5.11 Å². The van der Waals surface area contributed by atoms with Crippen LogP contribution in [0.1, 0.15) is 49.8 Å². The summed E-state index contributed by atoms with van der Waals surface area (Å²) < 4.78 is 1.00. The van der Waals surface area contributed by atoms with Crippen LogP contribution in [0.2, 0.25) is 0 Å². The summed E-state index contributed by atoms with van der Waals surface area (Å²) in [7, 11) is 0. The van der Waals surface area contributed by atoms with Crippen molar-refractivity contribution in [1.29, 1.82) is 0 Å². The van der Waals surface area contributed by atoms with Crippen LogP contribution in [0.5, 0.6) is 0 Å². The predicted molar refractivity (Wildman–Crippen MR) is 92.6 cm³/mol. The molecule has 2 aromatic carbocycles. The lowest BCUT2D eigenvalue weighted by molar-refractivity contribution is 0.0327. The van der Waals surface area contributed by atoms with E-state index in [2.05, 4.69) is 54.0 Å². The summed E-state index contributed by atoms with van der Waals surface area (Å²) in [5.74, 6) is 0.536. The first-order valence-electron chi connectivity index (χ1n) is 7.52. The third-order valence-corrected chi connectivity index (χ3v) is 4.58. The highest BCUT2D eigenvalue weighted by Gasteiger charge is 2.27. The summed E-state index contributed by atoms with van der Waals surface area (Å²) in [6.45, 7) is 6.42. The highest BCUT2D eigenvalue weighted by atomic mass is 79.9. The average Bonchev–Trinajstić information content (AvgIpc) is 2.47. The number of benzene rings is 2. The summed E-state index contributed by atoms with van der Waals surface area (Å²) >= 11 is 3.48. The number of hydrogen-bond acceptors (Lipinski definition) is 1. The lowest BCUT2D eigenvalue weighted by atomic mass is 9.84. The van der Waals surface area contributed by atoms with Crippen LogP contribution in [-0.4, -0.2) is 5.11 Å². The molecule has 1 unspecified atom stereocenters. The second-order valence-corrected chi connectivity index (χ2v) is 6.88. The zero-order chi connectivity index (χ0) is 15.5. The van der Waals surface area contributed by atoms with Crippen LogP contribution >= 0.6 is 15.9 Å². The van der Waals surface area contributed by atoms with Gasteiger partial charge in [-0.2, -0.15) is 0 Å². The van der Waals surface area contributed by atoms with Gasteiger partial charge in [-0.3, -0.25) is 0 Å². The number of hydrogen-bond donors (Lipinski definition) is 1. The summed E-state index contributed by atoms with van der Waals surface area (Å²) in [4.78, 5) is 0. The van der Waals surface area contributed by atoms with Crippen molar-refractivity contribution < 1.29 is 5.11 Å². The molecule has 0 aliphatic heterocycles. The van der Waals surface area contributed by atoms with Crippen LogP contribution in [0.3, 0.4) is 0 Å². The van der Waals surface area contributed by atoms with Gasteiger partial charge in [0.1, 0.15) is 0 Å². The molecule has 0 radical (unpaired) electrons. The Morgan fingerprint density at radius 1 is 1.10 bits per heavy atom. The van der Waals surface area contributed by atoms with Gasteiger partial charge in [0.25, 0.3) is 0 Å². The van der Waals surface area contributed by atoms with Gasteiger partial charge >= 0.3 is 0 Å². The minimum absolute atomic E-state index is 0.536. The van der Waals surface area contributed by atoms with Gasteiger partial charge in [0.2, 0.25) is 0 Å². The first kappa shape index (κ1) is 16.3. The molecular formula is C19H23BrO. The molecule has 2 aromatic rings. The summed E-state index contributed by atoms with van der Waals surface area (Å²) in [5, 5.41) is 11.0. The zero-order valence-electron chi connectivity index (χ0n) is 12.9. The quantitative estimate of drug-likeness (QED) is 0.766. The van der Waals surface area contributed by atoms with Crippen molar-refractivity contribution in [3.05, 3.63) is 69.7 Å². The molecule has 0 aliphatic rings. The van der Waals surface area contributed by atoms with Crippen LogP contribution in [0.15, 0.2) is 53.0 Å². The van der Waals surface area contributed by atoms with E-state index in [1.165, 1.54) is 11.1 Å². The van der Waals surface area contributed by atoms with Crippen molar-refractivity contribution in [1.82, 2.24) is 0 Å². The van der Waals surface area contributed by atoms with Crippen LogP contribution in [0, 0.1) is 0 Å². The molecule has 112 valence electrons. The summed E-state index contributed by atoms with van der Waals surface area (Å²) in [5.41, 5.74) is 2.65. The second-order valence-electron chi connectivity index (χ2n) is 5.97. The molecule has 2 heteroatoms. The van der Waals surface area contributed by atoms with Crippen molar-refractivity contribution in [2.75, 3.05) is 0 Å². The van der Waals surface area contributed by atoms with E-state index >= 15 is 0 Å². The molecule has 0 saturated heterocycles. The normalized spacial score (nSPS) is 14.2. The average molecular weight is 347 g/mol. The highest BCUT2D eigenvalue weighted by Crippen LogP contribution is 2.31. The molecule has 0 aromatic heterocycles. The number of halogens is 1. The number of rotatable bonds is 5. The fourth-order valence-corrected chi connectivity index (χ4v) is 2.97. The maximum atomic E-state index is 11.0. The van der Waals surface area contributed by atoms with Gasteiger partial charge in [-0.15, -0.1) is 0 Å². The molecule has 0 spiro atoms. The third kappa shape index (κ3) is 3.96. The van der Waals surface area contributed by atoms with Crippen molar-refractivity contribution in [3.63, 3.8) is 0 Å². The summed E-state index contributed by atoms with van der Waals surface area (Å²) in [6, 6.07) is 16.6. The lowest BCUT2D eigenvalue weighted by Crippen LogP contribution is -2.27. The highest BCUT2D eigenvalue weighted by molar-refractivity contribution is 9.10. The van der Waals surface area contributed by atoms with Gasteiger partial charge in [0.05, 0.1) is 5.60 Å². The maximum absolute atomic E-state index is 11.0. The van der Waals surface area contributed by atoms with E-state index in [1.807, 2.05) is 31.2 Å². The van der Waals surface area contributed by atoms with Gasteiger partial charge in [-0.05, 0) is 41.2 Å². The minimum Gasteiger partial charge on any atom is -0.385 e. The SMILES string of the molecule is CCC(O)(Cc1ccc(C(C)C)cc1)c1cccc(Br)c1. The van der Waals surface area contributed by atoms with E-state index in [1.54, 1.807) is 0 Å². The van der Waals surface area contributed by atoms with Gasteiger partial charge < -0.3 is 5.11 Å². The van der Waals surface area contributed by atoms with Crippen molar-refractivity contribution >= 4 is 15.9 Å². The molecule has 1 nitrogen and oxygen atoms in total. The monoisotopic (exact) mass is 346 g/mol. The van der Waals surface area contributed by atoms with Crippen molar-refractivity contribution in [2.45, 2.75) is 45.1 Å². The van der Waals surface area contributed by atoms with Gasteiger partial charge in [-0.1, -0.05) is 73.1 Å². The number of aliphatic hydroxyl groups is 1. The van der Waals surface area contributed by atoms with Crippen LogP contribution < -0.4 is 0 Å². The Hall–Kier alpha value is -1.12. The van der Waals surface area contributed by atoms with Crippen LogP contribution in [0.4, 0.5) is 0 Å². The standard InChI is InChI=1S/C19H23BrO/c1-4-19(21,17-6-5-7-18(20)12-17)13-15-8-10-16(11-9-15)14(2)3/h5-12,14,21H,4,13H2,1-3H3. The Balaban J connectivity index is 2.25. The van der Waals surface area contributed by atoms with Gasteiger partial charge in [-0.25, -0.2) is 0 Å². The fraction of sp³-hybridized carbons (Fsp3) is 0.368. The lowest BCUT2D eigenvalue weighted by Gasteiger charge is -2.28. The van der Waals surface area contributed by atoms with Gasteiger partial charge in [0, 0.05) is 10.9 Å². The Morgan fingerprint density at radius 2 is 1.76 bits per heavy atom. The first-order chi connectivity index (χ1) is 9.94. The minimum atomic E-state index is -0.816. The molecule has 1 N–H and O–H groups in total. The van der Waals surface area contributed by atoms with Gasteiger partial charge in [0.15, 0.2) is 0 Å². The Kier molecular flexibility index (Phi) is 5.23. The van der Waals surface area contributed by atoms with E-state index in [4.69, 9.17) is 0 Å². The van der Waals surface area contributed by atoms with E-state index in [0.717, 1.165) is 10.0 Å². The molecular weight excluding hydrogens is 324 g/mol. The molecule has 0 aliphatic carbocycles. The molecule has 21 heavy (non-hydrogen) atoms. The molecule has 0 fully saturated rings. The van der Waals surface area contributed by atoms with E-state index < -0.39 is 5.60 Å². The second kappa shape index (κ2) is 6.76. The van der Waals surface area contributed by atoms with E-state index in [0.29, 0.717) is 18.8 Å². The van der Waals surface area contributed by atoms with E-state index in [-0.39, 0.29) is 0 Å². The summed E-state index contributed by atoms with van der Waals surface area (Å²) in [6.07, 6.45) is 1.33. The first-order valence-corrected chi connectivity index (χ1v) is 8.31. The molecule has 2 rings (SSSR count). The van der Waals surface area contributed by atoms with Crippen molar-refractivity contribution in [3.8, 4) is 0 Å². The Morgan fingerprint density at radius 3 is 2.29 bits per heavy atom. The topological polar surface area (TPSA) is 20.2 Å². The molecule has 1 atom stereocenters. The Bertz CT molecular complexity index is 589. The predicted octanol–water partition coefficient (Wildman–Crippen LogP) is 5.41. The molecule has 0 saturated carbocycles. The zero-order valence-corrected chi connectivity index (χ0v) is 14.5. The maximum Gasteiger partial charge on any atom is 0.0934 e. The molecule has 0 amide bonds. The molecule has 0 bridgehead atoms. The fourth-order valence-electron chi connectivity index (χ4n) is 2.57. The van der Waals surface area contributed by atoms with Crippen molar-refractivity contribution in [2.24, 2.45) is 0 Å². The Labute approximate surface area is 136 Å². The smallest absolute Gasteiger partial charge is 0.0934 e. The largest absolute Gasteiger partial charge is 0.385 e. The third-order valence-electron chi connectivity index (χ3n) is 4.09. The van der Waals surface area contributed by atoms with Crippen LogP contribution in [-0.2, 0) is 12.0 Å².